The summed E-state index contributed by atoms with van der Waals surface area (Å²) in [7, 11) is 0. The summed E-state index contributed by atoms with van der Waals surface area (Å²) in [6, 6.07) is 9.65. The van der Waals surface area contributed by atoms with E-state index in [1.54, 1.807) is 13.1 Å². The summed E-state index contributed by atoms with van der Waals surface area (Å²) in [6.45, 7) is 1.80. The normalized spacial score (nSPS) is 10.8. The molecule has 0 bridgehead atoms. The average molecular weight is 316 g/mol. The largest absolute Gasteiger partial charge is 0.306 e. The molecule has 2 aromatic heterocycles. The van der Waals surface area contributed by atoms with Gasteiger partial charge in [0.15, 0.2) is 0 Å². The van der Waals surface area contributed by atoms with Gasteiger partial charge in [-0.05, 0) is 47.1 Å². The van der Waals surface area contributed by atoms with Crippen molar-refractivity contribution in [3.8, 4) is 11.4 Å². The minimum Gasteiger partial charge on any atom is -0.306 e. The maximum atomic E-state index is 11.7. The first-order chi connectivity index (χ1) is 9.15. The zero-order valence-corrected chi connectivity index (χ0v) is 11.7. The van der Waals surface area contributed by atoms with Gasteiger partial charge in [0.05, 0.1) is 11.2 Å². The average Bonchev–Trinajstić information content (AvgIpc) is 2.43. The Balaban J connectivity index is 2.22. The lowest BCUT2D eigenvalue weighted by Gasteiger charge is -2.05. The highest BCUT2D eigenvalue weighted by Gasteiger charge is 2.07. The Hall–Kier alpha value is -2.01. The van der Waals surface area contributed by atoms with Crippen molar-refractivity contribution in [2.24, 2.45) is 0 Å². The van der Waals surface area contributed by atoms with Crippen LogP contribution in [0.3, 0.4) is 0 Å². The standard InChI is InChI=1S/C14H10BrN3O/c1-8-12(15)14(19)18-13(17-8)10-4-5-11-9(7-10)3-2-6-16-11/h2-7H,1H3,(H,17,18,19). The van der Waals surface area contributed by atoms with Crippen molar-refractivity contribution in [3.63, 3.8) is 0 Å². The Morgan fingerprint density at radius 1 is 1.26 bits per heavy atom. The number of pyridine rings is 1. The molecule has 0 aliphatic heterocycles. The van der Waals surface area contributed by atoms with Gasteiger partial charge in [-0.25, -0.2) is 4.98 Å². The third-order valence-electron chi connectivity index (χ3n) is 2.90. The summed E-state index contributed by atoms with van der Waals surface area (Å²) in [4.78, 5) is 23.2. The van der Waals surface area contributed by atoms with Crippen LogP contribution in [0.2, 0.25) is 0 Å². The molecule has 1 aromatic carbocycles. The summed E-state index contributed by atoms with van der Waals surface area (Å²) in [6.07, 6.45) is 1.76. The molecule has 0 amide bonds. The van der Waals surface area contributed by atoms with E-state index in [2.05, 4.69) is 30.9 Å². The van der Waals surface area contributed by atoms with Crippen LogP contribution >= 0.6 is 15.9 Å². The molecule has 0 aliphatic rings. The molecule has 0 aliphatic carbocycles. The van der Waals surface area contributed by atoms with E-state index < -0.39 is 0 Å². The Kier molecular flexibility index (Phi) is 2.91. The predicted molar refractivity (Wildman–Crippen MR) is 78.0 cm³/mol. The first-order valence-corrected chi connectivity index (χ1v) is 6.56. The highest BCUT2D eigenvalue weighted by Crippen LogP contribution is 2.21. The molecule has 0 unspecified atom stereocenters. The summed E-state index contributed by atoms with van der Waals surface area (Å²) >= 11 is 3.21. The molecule has 0 radical (unpaired) electrons. The van der Waals surface area contributed by atoms with Gasteiger partial charge in [-0.2, -0.15) is 0 Å². The van der Waals surface area contributed by atoms with Gasteiger partial charge in [-0.1, -0.05) is 6.07 Å². The van der Waals surface area contributed by atoms with Gasteiger partial charge in [0, 0.05) is 17.1 Å². The van der Waals surface area contributed by atoms with E-state index in [0.29, 0.717) is 16.0 Å². The molecule has 0 spiro atoms. The number of rotatable bonds is 1. The zero-order chi connectivity index (χ0) is 13.4. The van der Waals surface area contributed by atoms with Crippen LogP contribution in [0.5, 0.6) is 0 Å². The van der Waals surface area contributed by atoms with E-state index in [4.69, 9.17) is 0 Å². The first kappa shape index (κ1) is 12.0. The van der Waals surface area contributed by atoms with E-state index in [0.717, 1.165) is 16.5 Å². The van der Waals surface area contributed by atoms with E-state index in [-0.39, 0.29) is 5.56 Å². The number of aromatic amines is 1. The van der Waals surface area contributed by atoms with Gasteiger partial charge in [-0.3, -0.25) is 9.78 Å². The second kappa shape index (κ2) is 4.59. The first-order valence-electron chi connectivity index (χ1n) is 5.77. The Morgan fingerprint density at radius 2 is 2.11 bits per heavy atom. The van der Waals surface area contributed by atoms with Crippen LogP contribution in [-0.2, 0) is 0 Å². The van der Waals surface area contributed by atoms with Crippen LogP contribution in [0.4, 0.5) is 0 Å². The van der Waals surface area contributed by atoms with Gasteiger partial charge < -0.3 is 4.98 Å². The molecule has 4 nitrogen and oxygen atoms in total. The topological polar surface area (TPSA) is 58.6 Å². The molecule has 0 saturated heterocycles. The van der Waals surface area contributed by atoms with Crippen molar-refractivity contribution in [1.29, 1.82) is 0 Å². The minimum atomic E-state index is -0.172. The monoisotopic (exact) mass is 315 g/mol. The molecule has 0 atom stereocenters. The maximum Gasteiger partial charge on any atom is 0.265 e. The highest BCUT2D eigenvalue weighted by atomic mass is 79.9. The van der Waals surface area contributed by atoms with Crippen LogP contribution in [0.1, 0.15) is 5.69 Å². The van der Waals surface area contributed by atoms with Crippen LogP contribution in [0.15, 0.2) is 45.8 Å². The van der Waals surface area contributed by atoms with E-state index >= 15 is 0 Å². The second-order valence-electron chi connectivity index (χ2n) is 4.22. The van der Waals surface area contributed by atoms with Gasteiger partial charge in [-0.15, -0.1) is 0 Å². The minimum absolute atomic E-state index is 0.172. The van der Waals surface area contributed by atoms with Gasteiger partial charge in [0.25, 0.3) is 5.56 Å². The molecule has 1 N–H and O–H groups in total. The van der Waals surface area contributed by atoms with Crippen molar-refractivity contribution in [3.05, 3.63) is 57.0 Å². The molecular formula is C14H10BrN3O. The fraction of sp³-hybridized carbons (Fsp3) is 0.0714. The number of hydrogen-bond acceptors (Lipinski definition) is 3. The molecule has 3 rings (SSSR count). The fourth-order valence-corrected chi connectivity index (χ4v) is 2.12. The van der Waals surface area contributed by atoms with Crippen molar-refractivity contribution in [1.82, 2.24) is 15.0 Å². The fourth-order valence-electron chi connectivity index (χ4n) is 1.93. The number of H-pyrrole nitrogens is 1. The van der Waals surface area contributed by atoms with E-state index in [1.807, 2.05) is 30.3 Å². The smallest absolute Gasteiger partial charge is 0.265 e. The Labute approximate surface area is 117 Å². The summed E-state index contributed by atoms with van der Waals surface area (Å²) in [5.74, 6) is 0.566. The molecule has 19 heavy (non-hydrogen) atoms. The van der Waals surface area contributed by atoms with E-state index in [9.17, 15) is 4.79 Å². The number of nitrogens with zero attached hydrogens (tertiary/aromatic N) is 2. The summed E-state index contributed by atoms with van der Waals surface area (Å²) in [5.41, 5.74) is 2.29. The summed E-state index contributed by atoms with van der Waals surface area (Å²) in [5, 5.41) is 1.02. The summed E-state index contributed by atoms with van der Waals surface area (Å²) < 4.78 is 0.471. The number of benzene rings is 1. The SMILES string of the molecule is Cc1nc(-c2ccc3ncccc3c2)[nH]c(=O)c1Br. The second-order valence-corrected chi connectivity index (χ2v) is 5.02. The van der Waals surface area contributed by atoms with Crippen molar-refractivity contribution in [2.45, 2.75) is 6.92 Å². The molecule has 5 heteroatoms. The van der Waals surface area contributed by atoms with Gasteiger partial charge >= 0.3 is 0 Å². The number of aromatic nitrogens is 3. The maximum absolute atomic E-state index is 11.7. The molecule has 0 fully saturated rings. The number of aryl methyl sites for hydroxylation is 1. The molecule has 94 valence electrons. The lowest BCUT2D eigenvalue weighted by atomic mass is 10.1. The Bertz CT molecular complexity index is 826. The molecule has 0 saturated carbocycles. The van der Waals surface area contributed by atoms with E-state index in [1.165, 1.54) is 0 Å². The predicted octanol–water partition coefficient (Wildman–Crippen LogP) is 3.06. The molecule has 2 heterocycles. The number of halogens is 1. The molecular weight excluding hydrogens is 306 g/mol. The van der Waals surface area contributed by atoms with Crippen LogP contribution in [-0.4, -0.2) is 15.0 Å². The van der Waals surface area contributed by atoms with Gasteiger partial charge in [0.2, 0.25) is 0 Å². The lowest BCUT2D eigenvalue weighted by Crippen LogP contribution is -2.11. The third kappa shape index (κ3) is 2.17. The number of hydrogen-bond donors (Lipinski definition) is 1. The number of nitrogens with one attached hydrogen (secondary N) is 1. The molecule has 3 aromatic rings. The van der Waals surface area contributed by atoms with Crippen LogP contribution in [0, 0.1) is 6.92 Å². The van der Waals surface area contributed by atoms with Crippen molar-refractivity contribution >= 4 is 26.8 Å². The third-order valence-corrected chi connectivity index (χ3v) is 3.84. The van der Waals surface area contributed by atoms with Crippen LogP contribution < -0.4 is 5.56 Å². The quantitative estimate of drug-likeness (QED) is 0.750. The number of fused-ring (bicyclic) bond motifs is 1. The Morgan fingerprint density at radius 3 is 2.89 bits per heavy atom. The van der Waals surface area contributed by atoms with Crippen molar-refractivity contribution in [2.75, 3.05) is 0 Å². The van der Waals surface area contributed by atoms with Crippen molar-refractivity contribution < 1.29 is 0 Å². The highest BCUT2D eigenvalue weighted by molar-refractivity contribution is 9.10. The van der Waals surface area contributed by atoms with Gasteiger partial charge in [0.1, 0.15) is 10.3 Å². The lowest BCUT2D eigenvalue weighted by molar-refractivity contribution is 1.05. The van der Waals surface area contributed by atoms with Crippen LogP contribution in [0.25, 0.3) is 22.3 Å². The zero-order valence-electron chi connectivity index (χ0n) is 10.1.